The lowest BCUT2D eigenvalue weighted by Gasteiger charge is -2.25. The molecule has 5 rings (SSSR count). The maximum absolute atomic E-state index is 12.9. The van der Waals surface area contributed by atoms with Crippen LogP contribution in [0.15, 0.2) is 35.5 Å². The van der Waals surface area contributed by atoms with E-state index in [0.29, 0.717) is 24.5 Å². The van der Waals surface area contributed by atoms with Crippen LogP contribution in [0.5, 0.6) is 0 Å². The van der Waals surface area contributed by atoms with E-state index >= 15 is 0 Å². The molecule has 1 saturated heterocycles. The number of sulfonamides is 1. The van der Waals surface area contributed by atoms with Gasteiger partial charge in [0.05, 0.1) is 10.3 Å². The molecule has 9 heteroatoms. The molecule has 2 aromatic heterocycles. The van der Waals surface area contributed by atoms with Crippen molar-refractivity contribution in [2.24, 2.45) is 0 Å². The van der Waals surface area contributed by atoms with Crippen molar-refractivity contribution in [2.45, 2.75) is 49.8 Å². The zero-order chi connectivity index (χ0) is 21.4. The molecule has 0 spiro atoms. The maximum Gasteiger partial charge on any atom is 0.256 e. The van der Waals surface area contributed by atoms with Gasteiger partial charge in [-0.3, -0.25) is 4.79 Å². The quantitative estimate of drug-likeness (QED) is 0.641. The van der Waals surface area contributed by atoms with Gasteiger partial charge in [-0.15, -0.1) is 11.3 Å². The van der Waals surface area contributed by atoms with Crippen LogP contribution in [0.25, 0.3) is 10.2 Å². The minimum atomic E-state index is -3.51. The predicted molar refractivity (Wildman–Crippen MR) is 121 cm³/mol. The Labute approximate surface area is 185 Å². The van der Waals surface area contributed by atoms with Gasteiger partial charge in [-0.05, 0) is 68.4 Å². The molecule has 0 bridgehead atoms. The van der Waals surface area contributed by atoms with Crippen LogP contribution in [0.1, 0.15) is 52.9 Å². The summed E-state index contributed by atoms with van der Waals surface area (Å²) in [7, 11) is -3.51. The highest BCUT2D eigenvalue weighted by Gasteiger charge is 2.26. The van der Waals surface area contributed by atoms with E-state index in [2.05, 4.69) is 15.3 Å². The smallest absolute Gasteiger partial charge is 0.256 e. The number of nitrogens with one attached hydrogen (secondary N) is 1. The van der Waals surface area contributed by atoms with E-state index in [1.807, 2.05) is 0 Å². The summed E-state index contributed by atoms with van der Waals surface area (Å²) >= 11 is 1.68. The summed E-state index contributed by atoms with van der Waals surface area (Å²) in [5, 5.41) is 3.86. The zero-order valence-corrected chi connectivity index (χ0v) is 18.8. The lowest BCUT2D eigenvalue weighted by atomic mass is 9.97. The number of benzene rings is 1. The number of anilines is 1. The molecule has 2 aliphatic rings. The second-order valence-electron chi connectivity index (χ2n) is 8.06. The van der Waals surface area contributed by atoms with Crippen LogP contribution >= 0.6 is 11.3 Å². The number of nitrogens with zero attached hydrogens (tertiary/aromatic N) is 3. The van der Waals surface area contributed by atoms with Crippen LogP contribution in [0, 0.1) is 0 Å². The molecule has 1 fully saturated rings. The number of hydrogen-bond donors (Lipinski definition) is 1. The number of hydrogen-bond acceptors (Lipinski definition) is 6. The molecular weight excluding hydrogens is 432 g/mol. The molecule has 3 heterocycles. The van der Waals surface area contributed by atoms with Crippen molar-refractivity contribution in [3.63, 3.8) is 0 Å². The van der Waals surface area contributed by atoms with Crippen molar-refractivity contribution in [3.05, 3.63) is 46.6 Å². The van der Waals surface area contributed by atoms with Crippen LogP contribution in [0.2, 0.25) is 0 Å². The van der Waals surface area contributed by atoms with Crippen molar-refractivity contribution in [1.82, 2.24) is 14.3 Å². The van der Waals surface area contributed by atoms with Gasteiger partial charge in [-0.1, -0.05) is 6.42 Å². The Bertz CT molecular complexity index is 1230. The molecule has 0 saturated carbocycles. The number of rotatable bonds is 4. The topological polar surface area (TPSA) is 92.3 Å². The second kappa shape index (κ2) is 8.29. The minimum Gasteiger partial charge on any atom is -0.306 e. The lowest BCUT2D eigenvalue weighted by molar-refractivity contribution is 0.102. The van der Waals surface area contributed by atoms with Gasteiger partial charge in [0.25, 0.3) is 5.91 Å². The first kappa shape index (κ1) is 20.5. The van der Waals surface area contributed by atoms with Crippen LogP contribution in [-0.4, -0.2) is 41.7 Å². The molecular formula is C22H24N4O3S2. The maximum atomic E-state index is 12.9. The van der Waals surface area contributed by atoms with Crippen molar-refractivity contribution in [1.29, 1.82) is 0 Å². The van der Waals surface area contributed by atoms with Gasteiger partial charge in [0.15, 0.2) is 0 Å². The fraction of sp³-hybridized carbons (Fsp3) is 0.409. The van der Waals surface area contributed by atoms with Crippen LogP contribution in [0.4, 0.5) is 5.82 Å². The van der Waals surface area contributed by atoms with Crippen LogP contribution < -0.4 is 5.32 Å². The molecule has 1 N–H and O–H groups in total. The summed E-state index contributed by atoms with van der Waals surface area (Å²) in [5.74, 6) is 0.220. The standard InChI is InChI=1S/C22H24N4O3S2/c27-21(15-8-10-16(11-9-15)31(28,29)26-12-4-1-5-13-26)25-20-19-17-6-2-3-7-18(17)30-22(19)24-14-23-20/h8-11,14H,1-7,12-13H2,(H,23,24,25,27). The fourth-order valence-corrected chi connectivity index (χ4v) is 7.14. The summed E-state index contributed by atoms with van der Waals surface area (Å²) in [6.07, 6.45) is 8.67. The lowest BCUT2D eigenvalue weighted by Crippen LogP contribution is -2.35. The third-order valence-corrected chi connectivity index (χ3v) is 9.17. The molecule has 162 valence electrons. The number of piperidine rings is 1. The summed E-state index contributed by atoms with van der Waals surface area (Å²) in [4.78, 5) is 24.1. The zero-order valence-electron chi connectivity index (χ0n) is 17.1. The number of carbonyl (C=O) groups is 1. The van der Waals surface area contributed by atoms with Crippen molar-refractivity contribution in [3.8, 4) is 0 Å². The van der Waals surface area contributed by atoms with E-state index in [4.69, 9.17) is 0 Å². The summed E-state index contributed by atoms with van der Waals surface area (Å²) in [6, 6.07) is 6.16. The summed E-state index contributed by atoms with van der Waals surface area (Å²) in [6.45, 7) is 1.11. The first-order valence-electron chi connectivity index (χ1n) is 10.7. The fourth-order valence-electron chi connectivity index (χ4n) is 4.40. The van der Waals surface area contributed by atoms with Gasteiger partial charge in [0.1, 0.15) is 17.0 Å². The molecule has 3 aromatic rings. The number of aromatic nitrogens is 2. The highest BCUT2D eigenvalue weighted by atomic mass is 32.2. The van der Waals surface area contributed by atoms with Gasteiger partial charge in [-0.2, -0.15) is 4.31 Å². The first-order valence-corrected chi connectivity index (χ1v) is 13.0. The Hall–Kier alpha value is -2.36. The number of amides is 1. The van der Waals surface area contributed by atoms with Crippen LogP contribution in [0.3, 0.4) is 0 Å². The Morgan fingerprint density at radius 2 is 1.71 bits per heavy atom. The third-order valence-electron chi connectivity index (χ3n) is 6.05. The van der Waals surface area contributed by atoms with Crippen molar-refractivity contribution < 1.29 is 13.2 Å². The molecule has 1 amide bonds. The number of carbonyl (C=O) groups excluding carboxylic acids is 1. The van der Waals surface area contributed by atoms with Gasteiger partial charge < -0.3 is 5.32 Å². The van der Waals surface area contributed by atoms with Gasteiger partial charge >= 0.3 is 0 Å². The Kier molecular flexibility index (Phi) is 5.49. The summed E-state index contributed by atoms with van der Waals surface area (Å²) in [5.41, 5.74) is 1.65. The predicted octanol–water partition coefficient (Wildman–Crippen LogP) is 4.00. The van der Waals surface area contributed by atoms with E-state index in [9.17, 15) is 13.2 Å². The van der Waals surface area contributed by atoms with Crippen molar-refractivity contribution >= 4 is 43.3 Å². The normalized spacial score (nSPS) is 17.4. The van der Waals surface area contributed by atoms with E-state index in [1.54, 1.807) is 23.5 Å². The van der Waals surface area contributed by atoms with Gasteiger partial charge in [-0.25, -0.2) is 18.4 Å². The molecule has 0 atom stereocenters. The molecule has 31 heavy (non-hydrogen) atoms. The van der Waals surface area contributed by atoms with E-state index in [0.717, 1.165) is 48.7 Å². The number of fused-ring (bicyclic) bond motifs is 3. The van der Waals surface area contributed by atoms with Gasteiger partial charge in [0.2, 0.25) is 10.0 Å². The molecule has 0 radical (unpaired) electrons. The number of thiophene rings is 1. The number of aryl methyl sites for hydroxylation is 2. The Morgan fingerprint density at radius 3 is 2.48 bits per heavy atom. The Balaban J connectivity index is 1.38. The average Bonchev–Trinajstić information content (AvgIpc) is 3.19. The van der Waals surface area contributed by atoms with Gasteiger partial charge in [0, 0.05) is 23.5 Å². The SMILES string of the molecule is O=C(Nc1ncnc2sc3c(c12)CCCC3)c1ccc(S(=O)(=O)N2CCCCC2)cc1. The highest BCUT2D eigenvalue weighted by molar-refractivity contribution is 7.89. The van der Waals surface area contributed by atoms with Crippen molar-refractivity contribution in [2.75, 3.05) is 18.4 Å². The first-order chi connectivity index (χ1) is 15.0. The van der Waals surface area contributed by atoms with E-state index in [-0.39, 0.29) is 10.8 Å². The average molecular weight is 457 g/mol. The molecule has 0 unspecified atom stereocenters. The van der Waals surface area contributed by atoms with E-state index < -0.39 is 10.0 Å². The molecule has 1 aromatic carbocycles. The largest absolute Gasteiger partial charge is 0.306 e. The summed E-state index contributed by atoms with van der Waals surface area (Å²) < 4.78 is 27.2. The highest BCUT2D eigenvalue weighted by Crippen LogP contribution is 2.38. The van der Waals surface area contributed by atoms with Crippen LogP contribution in [-0.2, 0) is 22.9 Å². The second-order valence-corrected chi connectivity index (χ2v) is 11.1. The molecule has 1 aliphatic heterocycles. The Morgan fingerprint density at radius 1 is 0.968 bits per heavy atom. The molecule has 7 nitrogen and oxygen atoms in total. The van der Waals surface area contributed by atoms with E-state index in [1.165, 1.54) is 39.6 Å². The molecule has 1 aliphatic carbocycles. The monoisotopic (exact) mass is 456 g/mol. The minimum absolute atomic E-state index is 0.224. The third kappa shape index (κ3) is 3.86.